The third kappa shape index (κ3) is 5.38. The molecule has 1 atom stereocenters. The zero-order valence-corrected chi connectivity index (χ0v) is 19.1. The number of aryl methyl sites for hydroxylation is 2. The molecular weight excluding hydrogens is 450 g/mol. The number of carbonyl (C=O) groups is 2. The molecule has 2 amide bonds. The number of nitrogens with one attached hydrogen (secondary N) is 1. The monoisotopic (exact) mass is 472 g/mol. The molecular formula is C27H22F2N4O2. The number of halogens is 2. The van der Waals surface area contributed by atoms with E-state index >= 15 is 0 Å². The lowest BCUT2D eigenvalue weighted by molar-refractivity contribution is -0.117. The molecule has 6 nitrogen and oxygen atoms in total. The number of hydrogen-bond donors (Lipinski definition) is 1. The number of carbonyl (C=O) groups excluding carboxylic acids is 2. The Morgan fingerprint density at radius 1 is 0.857 bits per heavy atom. The first-order chi connectivity index (χ1) is 16.8. The van der Waals surface area contributed by atoms with Gasteiger partial charge in [0.2, 0.25) is 0 Å². The van der Waals surface area contributed by atoms with Gasteiger partial charge in [0.15, 0.2) is 0 Å². The van der Waals surface area contributed by atoms with Crippen molar-refractivity contribution in [2.75, 3.05) is 10.2 Å². The van der Waals surface area contributed by atoms with Crippen LogP contribution in [0.15, 0.2) is 85.3 Å². The van der Waals surface area contributed by atoms with E-state index in [4.69, 9.17) is 0 Å². The second-order valence-electron chi connectivity index (χ2n) is 7.98. The minimum Gasteiger partial charge on any atom is -0.324 e. The summed E-state index contributed by atoms with van der Waals surface area (Å²) < 4.78 is 27.1. The van der Waals surface area contributed by atoms with Crippen LogP contribution in [0.3, 0.4) is 0 Å². The molecule has 0 aliphatic rings. The highest BCUT2D eigenvalue weighted by Gasteiger charge is 2.34. The maximum absolute atomic E-state index is 13.7. The van der Waals surface area contributed by atoms with Gasteiger partial charge in [-0.2, -0.15) is 0 Å². The van der Waals surface area contributed by atoms with Crippen molar-refractivity contribution in [3.63, 3.8) is 0 Å². The highest BCUT2D eigenvalue weighted by atomic mass is 19.1. The lowest BCUT2D eigenvalue weighted by Gasteiger charge is -2.31. The molecule has 0 saturated carbocycles. The molecule has 35 heavy (non-hydrogen) atoms. The van der Waals surface area contributed by atoms with E-state index in [-0.39, 0.29) is 5.69 Å². The second kappa shape index (κ2) is 10.2. The number of hydrogen-bond acceptors (Lipinski definition) is 4. The summed E-state index contributed by atoms with van der Waals surface area (Å²) in [4.78, 5) is 36.8. The molecule has 3 aromatic carbocycles. The Morgan fingerprint density at radius 2 is 1.51 bits per heavy atom. The normalized spacial score (nSPS) is 11.5. The lowest BCUT2D eigenvalue weighted by atomic mass is 10.0. The molecule has 0 fully saturated rings. The zero-order valence-electron chi connectivity index (χ0n) is 19.1. The summed E-state index contributed by atoms with van der Waals surface area (Å²) in [6, 6.07) is 14.8. The lowest BCUT2D eigenvalue weighted by Crippen LogP contribution is -2.42. The van der Waals surface area contributed by atoms with Crippen molar-refractivity contribution in [1.82, 2.24) is 9.97 Å². The predicted octanol–water partition coefficient (Wildman–Crippen LogP) is 5.40. The van der Waals surface area contributed by atoms with Crippen molar-refractivity contribution < 1.29 is 18.4 Å². The molecule has 0 radical (unpaired) electrons. The Morgan fingerprint density at radius 3 is 2.11 bits per heavy atom. The van der Waals surface area contributed by atoms with Crippen LogP contribution in [-0.2, 0) is 4.79 Å². The second-order valence-corrected chi connectivity index (χ2v) is 7.98. The smallest absolute Gasteiger partial charge is 0.279 e. The predicted molar refractivity (Wildman–Crippen MR) is 129 cm³/mol. The summed E-state index contributed by atoms with van der Waals surface area (Å²) in [5, 5.41) is 2.74. The fraction of sp³-hybridized carbons (Fsp3) is 0.111. The van der Waals surface area contributed by atoms with E-state index in [1.165, 1.54) is 72.0 Å². The van der Waals surface area contributed by atoms with Gasteiger partial charge in [0.1, 0.15) is 23.4 Å². The van der Waals surface area contributed by atoms with Gasteiger partial charge in [-0.15, -0.1) is 0 Å². The van der Waals surface area contributed by atoms with Gasteiger partial charge in [0.25, 0.3) is 11.8 Å². The summed E-state index contributed by atoms with van der Waals surface area (Å²) >= 11 is 0. The van der Waals surface area contributed by atoms with Crippen LogP contribution in [0, 0.1) is 25.5 Å². The van der Waals surface area contributed by atoms with E-state index in [2.05, 4.69) is 15.3 Å². The first kappa shape index (κ1) is 23.7. The number of anilines is 2. The zero-order chi connectivity index (χ0) is 24.9. The van der Waals surface area contributed by atoms with Crippen LogP contribution in [0.25, 0.3) is 0 Å². The SMILES string of the molecule is Cc1ccc(N(C(=O)c2cnccn2)[C@@H](C(=O)Nc2ccc(F)cc2)c2ccc(F)cc2)cc1C. The molecule has 1 aromatic heterocycles. The van der Waals surface area contributed by atoms with Crippen LogP contribution in [0.1, 0.15) is 33.2 Å². The van der Waals surface area contributed by atoms with E-state index < -0.39 is 29.5 Å². The maximum Gasteiger partial charge on any atom is 0.279 e. The number of rotatable bonds is 6. The Bertz CT molecular complexity index is 1340. The van der Waals surface area contributed by atoms with E-state index in [0.29, 0.717) is 16.9 Å². The number of amides is 2. The van der Waals surface area contributed by atoms with Crippen molar-refractivity contribution in [3.05, 3.63) is 119 Å². The van der Waals surface area contributed by atoms with Crippen molar-refractivity contribution in [1.29, 1.82) is 0 Å². The van der Waals surface area contributed by atoms with Crippen LogP contribution in [0.2, 0.25) is 0 Å². The van der Waals surface area contributed by atoms with Gasteiger partial charge in [-0.1, -0.05) is 18.2 Å². The summed E-state index contributed by atoms with van der Waals surface area (Å²) in [6.07, 6.45) is 4.14. The molecule has 4 rings (SSSR count). The Labute approximate surface area is 201 Å². The van der Waals surface area contributed by atoms with Gasteiger partial charge in [0.05, 0.1) is 6.20 Å². The Kier molecular flexibility index (Phi) is 6.91. The molecule has 0 aliphatic heterocycles. The minimum atomic E-state index is -1.20. The van der Waals surface area contributed by atoms with Crippen molar-refractivity contribution in [2.45, 2.75) is 19.9 Å². The average Bonchev–Trinajstić information content (AvgIpc) is 2.86. The molecule has 176 valence electrons. The van der Waals surface area contributed by atoms with Crippen LogP contribution >= 0.6 is 0 Å². The van der Waals surface area contributed by atoms with Gasteiger partial charge in [-0.3, -0.25) is 19.5 Å². The molecule has 0 unspecified atom stereocenters. The van der Waals surface area contributed by atoms with Gasteiger partial charge in [-0.05, 0) is 79.1 Å². The fourth-order valence-corrected chi connectivity index (χ4v) is 3.60. The van der Waals surface area contributed by atoms with Crippen LogP contribution in [-0.4, -0.2) is 21.8 Å². The van der Waals surface area contributed by atoms with E-state index in [9.17, 15) is 18.4 Å². The molecule has 1 N–H and O–H groups in total. The molecule has 4 aromatic rings. The number of nitrogens with zero attached hydrogens (tertiary/aromatic N) is 3. The highest BCUT2D eigenvalue weighted by Crippen LogP contribution is 2.32. The van der Waals surface area contributed by atoms with E-state index in [1.54, 1.807) is 12.1 Å². The third-order valence-corrected chi connectivity index (χ3v) is 5.57. The Balaban J connectivity index is 1.86. The van der Waals surface area contributed by atoms with Crippen LogP contribution in [0.5, 0.6) is 0 Å². The molecule has 0 saturated heterocycles. The minimum absolute atomic E-state index is 0.0346. The first-order valence-corrected chi connectivity index (χ1v) is 10.8. The van der Waals surface area contributed by atoms with E-state index in [1.807, 2.05) is 19.9 Å². The van der Waals surface area contributed by atoms with Crippen LogP contribution < -0.4 is 10.2 Å². The van der Waals surface area contributed by atoms with Gasteiger partial charge < -0.3 is 5.32 Å². The molecule has 8 heteroatoms. The van der Waals surface area contributed by atoms with Gasteiger partial charge >= 0.3 is 0 Å². The summed E-state index contributed by atoms with van der Waals surface area (Å²) in [7, 11) is 0. The Hall–Kier alpha value is -4.46. The van der Waals surface area contributed by atoms with Crippen LogP contribution in [0.4, 0.5) is 20.2 Å². The fourth-order valence-electron chi connectivity index (χ4n) is 3.60. The summed E-state index contributed by atoms with van der Waals surface area (Å²) in [5.74, 6) is -2.07. The van der Waals surface area contributed by atoms with Crippen molar-refractivity contribution in [3.8, 4) is 0 Å². The standard InChI is InChI=1S/C27H22F2N4O2/c1-17-3-12-23(15-18(17)2)33(27(35)24-16-30-13-14-31-24)25(19-4-6-20(28)7-5-19)26(34)32-22-10-8-21(29)9-11-22/h3-16,25H,1-2H3,(H,32,34)/t25-/m1/s1. The van der Waals surface area contributed by atoms with Crippen molar-refractivity contribution in [2.24, 2.45) is 0 Å². The average molecular weight is 472 g/mol. The molecule has 0 bridgehead atoms. The highest BCUT2D eigenvalue weighted by molar-refractivity contribution is 6.11. The molecule has 0 spiro atoms. The molecule has 0 aliphatic carbocycles. The number of aromatic nitrogens is 2. The quantitative estimate of drug-likeness (QED) is 0.408. The number of benzene rings is 3. The van der Waals surface area contributed by atoms with Gasteiger partial charge in [-0.25, -0.2) is 13.8 Å². The van der Waals surface area contributed by atoms with E-state index in [0.717, 1.165) is 11.1 Å². The largest absolute Gasteiger partial charge is 0.324 e. The molecule has 1 heterocycles. The van der Waals surface area contributed by atoms with Crippen molar-refractivity contribution >= 4 is 23.2 Å². The maximum atomic E-state index is 13.7. The van der Waals surface area contributed by atoms with Gasteiger partial charge in [0, 0.05) is 23.8 Å². The summed E-state index contributed by atoms with van der Waals surface area (Å²) in [5.41, 5.74) is 3.13. The summed E-state index contributed by atoms with van der Waals surface area (Å²) in [6.45, 7) is 3.84. The first-order valence-electron chi connectivity index (χ1n) is 10.8. The topological polar surface area (TPSA) is 75.2 Å². The third-order valence-electron chi connectivity index (χ3n) is 5.57.